The maximum atomic E-state index is 13.3. The highest BCUT2D eigenvalue weighted by Crippen LogP contribution is 2.29. The van der Waals surface area contributed by atoms with Gasteiger partial charge in [0.25, 0.3) is 0 Å². The van der Waals surface area contributed by atoms with E-state index in [2.05, 4.69) is 0 Å². The van der Waals surface area contributed by atoms with Crippen molar-refractivity contribution >= 4 is 5.97 Å². The van der Waals surface area contributed by atoms with E-state index in [0.29, 0.717) is 11.7 Å². The summed E-state index contributed by atoms with van der Waals surface area (Å²) < 4.78 is 19.0. The van der Waals surface area contributed by atoms with Gasteiger partial charge in [0.15, 0.2) is 0 Å². The van der Waals surface area contributed by atoms with Crippen LogP contribution in [-0.4, -0.2) is 17.2 Å². The monoisotopic (exact) mass is 272 g/mol. The molecule has 3 rings (SSSR count). The van der Waals surface area contributed by atoms with Crippen LogP contribution in [0, 0.1) is 5.82 Å². The first kappa shape index (κ1) is 12.7. The molecule has 0 aliphatic heterocycles. The Hall–Kier alpha value is -2.36. The van der Waals surface area contributed by atoms with E-state index in [-0.39, 0.29) is 5.56 Å². The molecule has 3 nitrogen and oxygen atoms in total. The summed E-state index contributed by atoms with van der Waals surface area (Å²) in [5, 5.41) is 8.93. The first-order chi connectivity index (χ1) is 9.63. The molecule has 1 N–H and O–H groups in total. The first-order valence-corrected chi connectivity index (χ1v) is 6.43. The van der Waals surface area contributed by atoms with Crippen molar-refractivity contribution in [2.45, 2.75) is 18.9 Å². The number of carboxylic acids is 1. The van der Waals surface area contributed by atoms with Gasteiger partial charge in [0.2, 0.25) is 0 Å². The van der Waals surface area contributed by atoms with Gasteiger partial charge in [-0.3, -0.25) is 0 Å². The number of benzene rings is 2. The SMILES string of the molecule is O=C(O)c1cc(-c2ccc(OC3CC3)cc2)ccc1F. The lowest BCUT2D eigenvalue weighted by Gasteiger charge is -2.07. The summed E-state index contributed by atoms with van der Waals surface area (Å²) in [6, 6.07) is 11.5. The molecule has 0 amide bonds. The van der Waals surface area contributed by atoms with Crippen LogP contribution in [0.4, 0.5) is 4.39 Å². The molecule has 102 valence electrons. The molecule has 4 heteroatoms. The Morgan fingerprint density at radius 3 is 2.35 bits per heavy atom. The lowest BCUT2D eigenvalue weighted by molar-refractivity contribution is 0.0692. The summed E-state index contributed by atoms with van der Waals surface area (Å²) in [4.78, 5) is 10.9. The molecule has 0 unspecified atom stereocenters. The third kappa shape index (κ3) is 2.64. The van der Waals surface area contributed by atoms with E-state index in [1.54, 1.807) is 6.07 Å². The Bertz CT molecular complexity index is 645. The van der Waals surface area contributed by atoms with Crippen LogP contribution in [0.2, 0.25) is 0 Å². The predicted octanol–water partition coefficient (Wildman–Crippen LogP) is 3.73. The van der Waals surface area contributed by atoms with Gasteiger partial charge in [-0.1, -0.05) is 18.2 Å². The molecule has 1 aliphatic carbocycles. The van der Waals surface area contributed by atoms with E-state index in [1.807, 2.05) is 24.3 Å². The van der Waals surface area contributed by atoms with Crippen molar-refractivity contribution in [2.75, 3.05) is 0 Å². The highest BCUT2D eigenvalue weighted by Gasteiger charge is 2.23. The van der Waals surface area contributed by atoms with Crippen LogP contribution in [0.3, 0.4) is 0 Å². The van der Waals surface area contributed by atoms with Crippen molar-refractivity contribution in [1.82, 2.24) is 0 Å². The average molecular weight is 272 g/mol. The van der Waals surface area contributed by atoms with Crippen molar-refractivity contribution in [3.63, 3.8) is 0 Å². The van der Waals surface area contributed by atoms with Crippen LogP contribution < -0.4 is 4.74 Å². The quantitative estimate of drug-likeness (QED) is 0.922. The van der Waals surface area contributed by atoms with Crippen LogP contribution in [0.15, 0.2) is 42.5 Å². The number of aromatic carboxylic acids is 1. The fourth-order valence-electron chi connectivity index (χ4n) is 1.97. The maximum absolute atomic E-state index is 13.3. The number of rotatable bonds is 4. The summed E-state index contributed by atoms with van der Waals surface area (Å²) in [6.45, 7) is 0. The molecule has 1 saturated carbocycles. The summed E-state index contributed by atoms with van der Waals surface area (Å²) in [5.74, 6) is -1.19. The van der Waals surface area contributed by atoms with Gasteiger partial charge in [-0.15, -0.1) is 0 Å². The zero-order chi connectivity index (χ0) is 14.1. The van der Waals surface area contributed by atoms with E-state index in [0.717, 1.165) is 24.2 Å². The molecule has 0 bridgehead atoms. The second-order valence-electron chi connectivity index (χ2n) is 4.84. The van der Waals surface area contributed by atoms with Gasteiger partial charge in [0.05, 0.1) is 11.7 Å². The Morgan fingerprint density at radius 1 is 1.10 bits per heavy atom. The van der Waals surface area contributed by atoms with Gasteiger partial charge in [-0.2, -0.15) is 0 Å². The third-order valence-electron chi connectivity index (χ3n) is 3.21. The van der Waals surface area contributed by atoms with Crippen LogP contribution in [0.5, 0.6) is 5.75 Å². The molecular weight excluding hydrogens is 259 g/mol. The molecule has 0 aromatic heterocycles. The number of halogens is 1. The summed E-state index contributed by atoms with van der Waals surface area (Å²) in [6.07, 6.45) is 2.54. The normalized spacial score (nSPS) is 14.1. The molecule has 0 spiro atoms. The second-order valence-corrected chi connectivity index (χ2v) is 4.84. The van der Waals surface area contributed by atoms with Gasteiger partial charge in [-0.05, 0) is 48.2 Å². The van der Waals surface area contributed by atoms with Gasteiger partial charge >= 0.3 is 5.97 Å². The van der Waals surface area contributed by atoms with Gasteiger partial charge in [0, 0.05) is 0 Å². The molecule has 1 aliphatic rings. The number of carboxylic acid groups (broad SMARTS) is 1. The van der Waals surface area contributed by atoms with Gasteiger partial charge < -0.3 is 9.84 Å². The van der Waals surface area contributed by atoms with E-state index in [9.17, 15) is 9.18 Å². The lowest BCUT2D eigenvalue weighted by Crippen LogP contribution is -2.00. The minimum Gasteiger partial charge on any atom is -0.490 e. The smallest absolute Gasteiger partial charge is 0.338 e. The average Bonchev–Trinajstić information content (AvgIpc) is 3.24. The van der Waals surface area contributed by atoms with E-state index >= 15 is 0 Å². The first-order valence-electron chi connectivity index (χ1n) is 6.43. The summed E-state index contributed by atoms with van der Waals surface area (Å²) in [5.41, 5.74) is 1.18. The molecule has 2 aromatic rings. The molecule has 1 fully saturated rings. The fourth-order valence-corrected chi connectivity index (χ4v) is 1.97. The summed E-state index contributed by atoms with van der Waals surface area (Å²) in [7, 11) is 0. The van der Waals surface area contributed by atoms with E-state index < -0.39 is 11.8 Å². The minimum atomic E-state index is -1.27. The van der Waals surface area contributed by atoms with E-state index in [1.165, 1.54) is 12.1 Å². The Balaban J connectivity index is 1.87. The number of ether oxygens (including phenoxy) is 1. The van der Waals surface area contributed by atoms with Crippen LogP contribution in [-0.2, 0) is 0 Å². The largest absolute Gasteiger partial charge is 0.490 e. The maximum Gasteiger partial charge on any atom is 0.338 e. The van der Waals surface area contributed by atoms with Gasteiger partial charge in [-0.25, -0.2) is 9.18 Å². The fraction of sp³-hybridized carbons (Fsp3) is 0.188. The topological polar surface area (TPSA) is 46.5 Å². The zero-order valence-corrected chi connectivity index (χ0v) is 10.7. The van der Waals surface area contributed by atoms with Crippen LogP contribution in [0.1, 0.15) is 23.2 Å². The highest BCUT2D eigenvalue weighted by atomic mass is 19.1. The molecular formula is C16H13FO3. The number of hydrogen-bond donors (Lipinski definition) is 1. The van der Waals surface area contributed by atoms with Crippen molar-refractivity contribution in [1.29, 1.82) is 0 Å². The van der Waals surface area contributed by atoms with Crippen molar-refractivity contribution < 1.29 is 19.0 Å². The zero-order valence-electron chi connectivity index (χ0n) is 10.7. The molecule has 0 heterocycles. The van der Waals surface area contributed by atoms with Crippen molar-refractivity contribution in [3.8, 4) is 16.9 Å². The molecule has 2 aromatic carbocycles. The highest BCUT2D eigenvalue weighted by molar-refractivity contribution is 5.89. The lowest BCUT2D eigenvalue weighted by atomic mass is 10.0. The molecule has 0 atom stereocenters. The van der Waals surface area contributed by atoms with Crippen molar-refractivity contribution in [2.24, 2.45) is 0 Å². The molecule has 20 heavy (non-hydrogen) atoms. The Kier molecular flexibility index (Phi) is 3.14. The second kappa shape index (κ2) is 4.96. The Morgan fingerprint density at radius 2 is 1.75 bits per heavy atom. The third-order valence-corrected chi connectivity index (χ3v) is 3.21. The number of carbonyl (C=O) groups is 1. The van der Waals surface area contributed by atoms with E-state index in [4.69, 9.17) is 9.84 Å². The van der Waals surface area contributed by atoms with Crippen LogP contribution in [0.25, 0.3) is 11.1 Å². The minimum absolute atomic E-state index is 0.319. The van der Waals surface area contributed by atoms with Crippen molar-refractivity contribution in [3.05, 3.63) is 53.8 Å². The summed E-state index contributed by atoms with van der Waals surface area (Å²) >= 11 is 0. The Labute approximate surface area is 115 Å². The molecule has 0 radical (unpaired) electrons. The standard InChI is InChI=1S/C16H13FO3/c17-15-8-3-11(9-14(15)16(18)19)10-1-4-12(5-2-10)20-13-6-7-13/h1-5,8-9,13H,6-7H2,(H,18,19). The number of hydrogen-bond acceptors (Lipinski definition) is 2. The van der Waals surface area contributed by atoms with Gasteiger partial charge in [0.1, 0.15) is 11.6 Å². The van der Waals surface area contributed by atoms with Crippen LogP contribution >= 0.6 is 0 Å². The predicted molar refractivity (Wildman–Crippen MR) is 72.4 cm³/mol. The molecule has 0 saturated heterocycles.